The average molecular weight is 346 g/mol. The molecule has 0 unspecified atom stereocenters. The van der Waals surface area contributed by atoms with Gasteiger partial charge in [-0.15, -0.1) is 0 Å². The average Bonchev–Trinajstić information content (AvgIpc) is 3.11. The van der Waals surface area contributed by atoms with Crippen LogP contribution >= 0.6 is 0 Å². The van der Waals surface area contributed by atoms with Crippen molar-refractivity contribution in [2.45, 2.75) is 0 Å². The summed E-state index contributed by atoms with van der Waals surface area (Å²) in [4.78, 5) is 19.4. The van der Waals surface area contributed by atoms with Crippen LogP contribution in [0.5, 0.6) is 0 Å². The predicted molar refractivity (Wildman–Crippen MR) is 98.3 cm³/mol. The molecule has 5 heteroatoms. The van der Waals surface area contributed by atoms with E-state index in [1.54, 1.807) is 30.5 Å². The summed E-state index contributed by atoms with van der Waals surface area (Å²) in [5.74, 6) is -0.642. The van der Waals surface area contributed by atoms with Gasteiger partial charge in [0.1, 0.15) is 11.5 Å². The second-order valence-corrected chi connectivity index (χ2v) is 5.92. The lowest BCUT2D eigenvalue weighted by atomic mass is 10.0. The Morgan fingerprint density at radius 2 is 1.81 bits per heavy atom. The lowest BCUT2D eigenvalue weighted by Gasteiger charge is -2.04. The first kappa shape index (κ1) is 16.0. The Morgan fingerprint density at radius 1 is 1.00 bits per heavy atom. The maximum atomic E-state index is 13.1. The van der Waals surface area contributed by atoms with Crippen molar-refractivity contribution in [2.75, 3.05) is 7.11 Å². The number of hydrogen-bond donors (Lipinski definition) is 1. The molecule has 0 saturated heterocycles. The summed E-state index contributed by atoms with van der Waals surface area (Å²) in [6, 6.07) is 17.5. The normalized spacial score (nSPS) is 10.8. The number of aromatic nitrogens is 2. The summed E-state index contributed by atoms with van der Waals surface area (Å²) in [7, 11) is 1.36. The molecule has 0 radical (unpaired) electrons. The third kappa shape index (κ3) is 2.95. The van der Waals surface area contributed by atoms with Gasteiger partial charge in [-0.3, -0.25) is 0 Å². The molecule has 2 aromatic carbocycles. The quantitative estimate of drug-likeness (QED) is 0.541. The number of nitrogens with zero attached hydrogens (tertiary/aromatic N) is 1. The van der Waals surface area contributed by atoms with E-state index in [9.17, 15) is 9.18 Å². The van der Waals surface area contributed by atoms with Crippen LogP contribution < -0.4 is 0 Å². The highest BCUT2D eigenvalue weighted by Gasteiger charge is 2.09. The number of esters is 1. The Hall–Kier alpha value is -3.47. The summed E-state index contributed by atoms with van der Waals surface area (Å²) in [5, 5.41) is 0.935. The molecule has 2 aromatic heterocycles. The maximum Gasteiger partial charge on any atom is 0.337 e. The maximum absolute atomic E-state index is 13.1. The number of fused-ring (bicyclic) bond motifs is 1. The molecule has 128 valence electrons. The number of ether oxygens (including phenoxy) is 1. The van der Waals surface area contributed by atoms with Crippen LogP contribution in [-0.4, -0.2) is 23.0 Å². The summed E-state index contributed by atoms with van der Waals surface area (Å²) >= 11 is 0. The standard InChI is InChI=1S/C21H15FN2O2/c1-26-21(25)15-4-2-3-14(9-15)17-10-16-11-19(24-20(16)23-12-17)13-5-7-18(22)8-6-13/h2-12H,1H3,(H,23,24). The molecule has 0 aliphatic rings. The van der Waals surface area contributed by atoms with Crippen LogP contribution in [0.1, 0.15) is 10.4 Å². The highest BCUT2D eigenvalue weighted by Crippen LogP contribution is 2.27. The number of carbonyl (C=O) groups is 1. The van der Waals surface area contributed by atoms with Crippen molar-refractivity contribution >= 4 is 17.0 Å². The largest absolute Gasteiger partial charge is 0.465 e. The summed E-state index contributed by atoms with van der Waals surface area (Å²) in [6.45, 7) is 0. The first-order chi connectivity index (χ1) is 12.6. The minimum atomic E-state index is -0.374. The van der Waals surface area contributed by atoms with Gasteiger partial charge in [0.15, 0.2) is 0 Å². The van der Waals surface area contributed by atoms with Crippen LogP contribution in [0.3, 0.4) is 0 Å². The fourth-order valence-electron chi connectivity index (χ4n) is 2.90. The monoisotopic (exact) mass is 346 g/mol. The van der Waals surface area contributed by atoms with Gasteiger partial charge in [-0.1, -0.05) is 12.1 Å². The van der Waals surface area contributed by atoms with E-state index in [0.29, 0.717) is 5.56 Å². The van der Waals surface area contributed by atoms with Gasteiger partial charge in [0.05, 0.1) is 12.7 Å². The van der Waals surface area contributed by atoms with Gasteiger partial charge >= 0.3 is 5.97 Å². The first-order valence-corrected chi connectivity index (χ1v) is 8.07. The van der Waals surface area contributed by atoms with E-state index in [4.69, 9.17) is 4.74 Å². The van der Waals surface area contributed by atoms with E-state index in [1.807, 2.05) is 24.3 Å². The molecular formula is C21H15FN2O2. The number of H-pyrrole nitrogens is 1. The van der Waals surface area contributed by atoms with Crippen molar-refractivity contribution in [2.24, 2.45) is 0 Å². The first-order valence-electron chi connectivity index (χ1n) is 8.07. The van der Waals surface area contributed by atoms with Crippen molar-refractivity contribution in [1.29, 1.82) is 0 Å². The van der Waals surface area contributed by atoms with Crippen LogP contribution in [0, 0.1) is 5.82 Å². The topological polar surface area (TPSA) is 55.0 Å². The predicted octanol–water partition coefficient (Wildman–Crippen LogP) is 4.82. The number of methoxy groups -OCH3 is 1. The Labute approximate surface area is 149 Å². The van der Waals surface area contributed by atoms with E-state index in [2.05, 4.69) is 9.97 Å². The molecule has 0 fully saturated rings. The highest BCUT2D eigenvalue weighted by molar-refractivity contribution is 5.92. The Kier molecular flexibility index (Phi) is 3.97. The van der Waals surface area contributed by atoms with E-state index in [1.165, 1.54) is 19.2 Å². The number of hydrogen-bond acceptors (Lipinski definition) is 3. The van der Waals surface area contributed by atoms with Crippen molar-refractivity contribution in [1.82, 2.24) is 9.97 Å². The van der Waals surface area contributed by atoms with Gasteiger partial charge < -0.3 is 9.72 Å². The van der Waals surface area contributed by atoms with E-state index in [0.717, 1.165) is 33.4 Å². The number of pyridine rings is 1. The van der Waals surface area contributed by atoms with Crippen molar-refractivity contribution in [3.8, 4) is 22.4 Å². The zero-order valence-corrected chi connectivity index (χ0v) is 14.0. The fraction of sp³-hybridized carbons (Fsp3) is 0.0476. The van der Waals surface area contributed by atoms with E-state index < -0.39 is 0 Å². The molecule has 4 rings (SSSR count). The zero-order chi connectivity index (χ0) is 18.1. The number of aromatic amines is 1. The van der Waals surface area contributed by atoms with E-state index in [-0.39, 0.29) is 11.8 Å². The third-order valence-electron chi connectivity index (χ3n) is 4.24. The van der Waals surface area contributed by atoms with Crippen LogP contribution in [-0.2, 0) is 4.74 Å². The molecule has 2 heterocycles. The fourth-order valence-corrected chi connectivity index (χ4v) is 2.90. The van der Waals surface area contributed by atoms with Crippen molar-refractivity contribution < 1.29 is 13.9 Å². The second-order valence-electron chi connectivity index (χ2n) is 5.92. The highest BCUT2D eigenvalue weighted by atomic mass is 19.1. The van der Waals surface area contributed by atoms with Crippen LogP contribution in [0.4, 0.5) is 4.39 Å². The minimum Gasteiger partial charge on any atom is -0.465 e. The molecule has 26 heavy (non-hydrogen) atoms. The molecule has 0 atom stereocenters. The van der Waals surface area contributed by atoms with Gasteiger partial charge in [0, 0.05) is 22.8 Å². The lowest BCUT2D eigenvalue weighted by molar-refractivity contribution is 0.0601. The summed E-state index contributed by atoms with van der Waals surface area (Å²) < 4.78 is 17.9. The Morgan fingerprint density at radius 3 is 2.58 bits per heavy atom. The molecule has 4 aromatic rings. The third-order valence-corrected chi connectivity index (χ3v) is 4.24. The molecular weight excluding hydrogens is 331 g/mol. The van der Waals surface area contributed by atoms with Crippen molar-refractivity contribution in [3.05, 3.63) is 78.2 Å². The van der Waals surface area contributed by atoms with Crippen LogP contribution in [0.2, 0.25) is 0 Å². The molecule has 0 amide bonds. The molecule has 0 bridgehead atoms. The molecule has 0 saturated carbocycles. The van der Waals surface area contributed by atoms with E-state index >= 15 is 0 Å². The summed E-state index contributed by atoms with van der Waals surface area (Å²) in [6.07, 6.45) is 1.75. The smallest absolute Gasteiger partial charge is 0.337 e. The van der Waals surface area contributed by atoms with Gasteiger partial charge in [-0.05, 0) is 59.7 Å². The molecule has 0 spiro atoms. The molecule has 1 N–H and O–H groups in total. The second kappa shape index (κ2) is 6.44. The van der Waals surface area contributed by atoms with Gasteiger partial charge in [-0.2, -0.15) is 0 Å². The molecule has 0 aliphatic carbocycles. The lowest BCUT2D eigenvalue weighted by Crippen LogP contribution is -2.00. The molecule has 4 nitrogen and oxygen atoms in total. The Bertz CT molecular complexity index is 1100. The zero-order valence-electron chi connectivity index (χ0n) is 14.0. The van der Waals surface area contributed by atoms with Gasteiger partial charge in [0.25, 0.3) is 0 Å². The Balaban J connectivity index is 1.74. The number of benzene rings is 2. The van der Waals surface area contributed by atoms with Gasteiger partial charge in [0.2, 0.25) is 0 Å². The summed E-state index contributed by atoms with van der Waals surface area (Å²) in [5.41, 5.74) is 4.77. The minimum absolute atomic E-state index is 0.268. The van der Waals surface area contributed by atoms with Crippen LogP contribution in [0.15, 0.2) is 66.9 Å². The van der Waals surface area contributed by atoms with Crippen molar-refractivity contribution in [3.63, 3.8) is 0 Å². The van der Waals surface area contributed by atoms with Crippen LogP contribution in [0.25, 0.3) is 33.4 Å². The van der Waals surface area contributed by atoms with Gasteiger partial charge in [-0.25, -0.2) is 14.2 Å². The number of carbonyl (C=O) groups excluding carboxylic acids is 1. The molecule has 0 aliphatic heterocycles. The SMILES string of the molecule is COC(=O)c1cccc(-c2cnc3[nH]c(-c4ccc(F)cc4)cc3c2)c1. The number of nitrogens with one attached hydrogen (secondary N) is 1. The number of rotatable bonds is 3. The number of halogens is 1.